The van der Waals surface area contributed by atoms with Gasteiger partial charge in [-0.3, -0.25) is 0 Å². The Kier molecular flexibility index (Phi) is 9.28. The van der Waals surface area contributed by atoms with Crippen LogP contribution < -0.4 is 4.90 Å². The molecular weight excluding hydrogens is 783 g/mol. The number of fused-ring (bicyclic) bond motifs is 11. The Labute approximate surface area is 383 Å². The molecule has 0 saturated heterocycles. The van der Waals surface area contributed by atoms with E-state index in [0.29, 0.717) is 0 Å². The molecule has 0 aliphatic heterocycles. The van der Waals surface area contributed by atoms with E-state index in [1.165, 1.54) is 111 Å². The minimum Gasteiger partial charge on any atom is -0.310 e. The lowest BCUT2D eigenvalue weighted by Crippen LogP contribution is -2.17. The van der Waals surface area contributed by atoms with Crippen molar-refractivity contribution in [1.29, 1.82) is 0 Å². The van der Waals surface area contributed by atoms with Gasteiger partial charge in [0.2, 0.25) is 0 Å². The summed E-state index contributed by atoms with van der Waals surface area (Å²) in [6.45, 7) is 7.07. The molecule has 0 spiro atoms. The van der Waals surface area contributed by atoms with Crippen LogP contribution in [0.2, 0.25) is 0 Å². The zero-order chi connectivity index (χ0) is 43.6. The summed E-state index contributed by atoms with van der Waals surface area (Å²) in [5.74, 6) is 0. The van der Waals surface area contributed by atoms with Crippen LogP contribution in [0.4, 0.5) is 17.1 Å². The van der Waals surface area contributed by atoms with Gasteiger partial charge < -0.3 is 4.90 Å². The Morgan fingerprint density at radius 3 is 1.63 bits per heavy atom. The van der Waals surface area contributed by atoms with Gasteiger partial charge in [-0.05, 0) is 156 Å². The second-order valence-corrected chi connectivity index (χ2v) is 18.4. The summed E-state index contributed by atoms with van der Waals surface area (Å²) < 4.78 is 0. The number of hydrogen-bond acceptors (Lipinski definition) is 1. The standard InChI is InChI=1S/C64H49N/c1-42-38-47(53-30-17-23-43-20-7-10-24-50(43)53)39-59(44-18-5-4-6-19-44)63(42)65(49-35-37-58-57-29-15-16-31-61(57)64(2,3)62(58)41-49)48-34-36-56-55-28-14-13-27-54(55)51-25-11-8-21-45(51)32-33-46-22-9-12-26-52(46)60(56)40-48/h4-31,34-41H,32-33H2,1-3H3. The van der Waals surface area contributed by atoms with Crippen LogP contribution in [0.3, 0.4) is 0 Å². The fourth-order valence-electron chi connectivity index (χ4n) is 11.1. The fraction of sp³-hybridized carbons (Fsp3) is 0.0938. The lowest BCUT2D eigenvalue weighted by atomic mass is 9.82. The Bertz CT molecular complexity index is 3470. The molecule has 2 aliphatic carbocycles. The number of aryl methyl sites for hydroxylation is 3. The van der Waals surface area contributed by atoms with Crippen molar-refractivity contribution in [2.45, 2.75) is 39.0 Å². The van der Waals surface area contributed by atoms with Gasteiger partial charge in [0, 0.05) is 22.4 Å². The molecule has 0 atom stereocenters. The van der Waals surface area contributed by atoms with E-state index < -0.39 is 0 Å². The van der Waals surface area contributed by atoms with E-state index in [-0.39, 0.29) is 5.41 Å². The quantitative estimate of drug-likeness (QED) is 0.167. The Morgan fingerprint density at radius 1 is 0.354 bits per heavy atom. The number of anilines is 3. The van der Waals surface area contributed by atoms with Gasteiger partial charge in [0.15, 0.2) is 0 Å². The van der Waals surface area contributed by atoms with Gasteiger partial charge in [0.25, 0.3) is 0 Å². The van der Waals surface area contributed by atoms with Crippen LogP contribution in [0.15, 0.2) is 218 Å². The first-order chi connectivity index (χ1) is 31.9. The predicted octanol–water partition coefficient (Wildman–Crippen LogP) is 17.4. The fourth-order valence-corrected chi connectivity index (χ4v) is 11.1. The summed E-state index contributed by atoms with van der Waals surface area (Å²) in [5, 5.41) is 2.50. The van der Waals surface area contributed by atoms with Gasteiger partial charge in [-0.15, -0.1) is 0 Å². The number of hydrogen-bond donors (Lipinski definition) is 0. The first-order valence-corrected chi connectivity index (χ1v) is 23.1. The maximum absolute atomic E-state index is 2.56. The molecule has 0 saturated carbocycles. The van der Waals surface area contributed by atoms with Crippen LogP contribution in [0.1, 0.15) is 41.7 Å². The van der Waals surface area contributed by atoms with Crippen molar-refractivity contribution < 1.29 is 0 Å². The van der Waals surface area contributed by atoms with Crippen LogP contribution in [0.25, 0.3) is 77.5 Å². The molecule has 0 heterocycles. The highest BCUT2D eigenvalue weighted by Gasteiger charge is 2.36. The molecular formula is C64H49N. The topological polar surface area (TPSA) is 3.24 Å². The Balaban J connectivity index is 1.15. The molecule has 10 aromatic rings. The summed E-state index contributed by atoms with van der Waals surface area (Å²) in [4.78, 5) is 2.56. The maximum Gasteiger partial charge on any atom is 0.0569 e. The summed E-state index contributed by atoms with van der Waals surface area (Å²) in [7, 11) is 0. The van der Waals surface area contributed by atoms with E-state index in [1.807, 2.05) is 0 Å². The molecule has 10 aromatic carbocycles. The van der Waals surface area contributed by atoms with E-state index in [1.54, 1.807) is 0 Å². The lowest BCUT2D eigenvalue weighted by Gasteiger charge is -2.32. The van der Waals surface area contributed by atoms with E-state index in [0.717, 1.165) is 24.2 Å². The second-order valence-electron chi connectivity index (χ2n) is 18.4. The highest BCUT2D eigenvalue weighted by atomic mass is 15.1. The van der Waals surface area contributed by atoms with Crippen LogP contribution in [0, 0.1) is 6.92 Å². The molecule has 2 aliphatic rings. The normalized spacial score (nSPS) is 13.2. The molecule has 0 radical (unpaired) electrons. The monoisotopic (exact) mass is 831 g/mol. The largest absolute Gasteiger partial charge is 0.310 e. The van der Waals surface area contributed by atoms with Crippen molar-refractivity contribution in [3.63, 3.8) is 0 Å². The van der Waals surface area contributed by atoms with Crippen LogP contribution in [-0.2, 0) is 18.3 Å². The molecule has 0 fully saturated rings. The van der Waals surface area contributed by atoms with Gasteiger partial charge in [-0.25, -0.2) is 0 Å². The zero-order valence-electron chi connectivity index (χ0n) is 37.1. The van der Waals surface area contributed by atoms with Gasteiger partial charge in [-0.1, -0.05) is 196 Å². The van der Waals surface area contributed by atoms with Gasteiger partial charge in [-0.2, -0.15) is 0 Å². The summed E-state index contributed by atoms with van der Waals surface area (Å²) in [6.07, 6.45) is 1.93. The molecule has 65 heavy (non-hydrogen) atoms. The van der Waals surface area contributed by atoms with Crippen LogP contribution in [0.5, 0.6) is 0 Å². The average Bonchev–Trinajstić information content (AvgIpc) is 3.59. The van der Waals surface area contributed by atoms with E-state index in [2.05, 4.69) is 244 Å². The zero-order valence-corrected chi connectivity index (χ0v) is 37.1. The molecule has 0 aromatic heterocycles. The third-order valence-electron chi connectivity index (χ3n) is 14.3. The molecule has 12 rings (SSSR count). The highest BCUT2D eigenvalue weighted by molar-refractivity contribution is 6.01. The van der Waals surface area contributed by atoms with Crippen LogP contribution >= 0.6 is 0 Å². The van der Waals surface area contributed by atoms with E-state index in [9.17, 15) is 0 Å². The lowest BCUT2D eigenvalue weighted by molar-refractivity contribution is 0.660. The average molecular weight is 832 g/mol. The second kappa shape index (κ2) is 15.5. The van der Waals surface area contributed by atoms with Gasteiger partial charge in [0.1, 0.15) is 0 Å². The van der Waals surface area contributed by atoms with Crippen molar-refractivity contribution >= 4 is 27.8 Å². The summed E-state index contributed by atoms with van der Waals surface area (Å²) >= 11 is 0. The molecule has 1 heteroatoms. The first kappa shape index (κ1) is 38.9. The number of nitrogens with zero attached hydrogens (tertiary/aromatic N) is 1. The molecule has 0 unspecified atom stereocenters. The Morgan fingerprint density at radius 2 is 0.877 bits per heavy atom. The highest BCUT2D eigenvalue weighted by Crippen LogP contribution is 2.53. The summed E-state index contributed by atoms with van der Waals surface area (Å²) in [6, 6.07) is 81.8. The van der Waals surface area contributed by atoms with Gasteiger partial charge in [0.05, 0.1) is 5.69 Å². The minimum absolute atomic E-state index is 0.162. The van der Waals surface area contributed by atoms with Crippen molar-refractivity contribution in [2.75, 3.05) is 4.90 Å². The van der Waals surface area contributed by atoms with Crippen LogP contribution in [-0.4, -0.2) is 0 Å². The van der Waals surface area contributed by atoms with Crippen molar-refractivity contribution in [2.24, 2.45) is 0 Å². The molecule has 1 nitrogen and oxygen atoms in total. The number of benzene rings is 10. The Hall–Kier alpha value is -7.74. The smallest absolute Gasteiger partial charge is 0.0569 e. The van der Waals surface area contributed by atoms with Crippen molar-refractivity contribution in [1.82, 2.24) is 0 Å². The predicted molar refractivity (Wildman–Crippen MR) is 276 cm³/mol. The van der Waals surface area contributed by atoms with Crippen molar-refractivity contribution in [3.8, 4) is 66.8 Å². The third kappa shape index (κ3) is 6.45. The SMILES string of the molecule is Cc1cc(-c2cccc3ccccc23)cc(-c2ccccc2)c1N(c1ccc2c(c1)-c1ccccc1CCc1ccccc1-c1ccccc1-2)c1ccc2c(c1)C(C)(C)c1ccccc1-2. The maximum atomic E-state index is 2.56. The molecule has 310 valence electrons. The number of rotatable bonds is 5. The first-order valence-electron chi connectivity index (χ1n) is 23.1. The molecule has 0 N–H and O–H groups in total. The molecule has 0 amide bonds. The minimum atomic E-state index is -0.162. The van der Waals surface area contributed by atoms with E-state index in [4.69, 9.17) is 0 Å². The third-order valence-corrected chi connectivity index (χ3v) is 14.3. The van der Waals surface area contributed by atoms with Gasteiger partial charge >= 0.3 is 0 Å². The summed E-state index contributed by atoms with van der Waals surface area (Å²) in [5.41, 5.74) is 25.1. The van der Waals surface area contributed by atoms with E-state index >= 15 is 0 Å². The van der Waals surface area contributed by atoms with Crippen molar-refractivity contribution in [3.05, 3.63) is 246 Å². The molecule has 0 bridgehead atoms.